The molecule has 0 aliphatic carbocycles. The van der Waals surface area contributed by atoms with Gasteiger partial charge < -0.3 is 25.6 Å². The molecule has 1 aromatic heterocycles. The Balaban J connectivity index is 1.54. The maximum atomic E-state index is 13.7. The van der Waals surface area contributed by atoms with Crippen LogP contribution in [-0.4, -0.2) is 41.1 Å². The van der Waals surface area contributed by atoms with Crippen molar-refractivity contribution in [1.29, 1.82) is 0 Å². The first kappa shape index (κ1) is 21.7. The van der Waals surface area contributed by atoms with Gasteiger partial charge in [0.1, 0.15) is 0 Å². The quantitative estimate of drug-likeness (QED) is 0.362. The lowest BCUT2D eigenvalue weighted by atomic mass is 9.99. The van der Waals surface area contributed by atoms with Crippen LogP contribution in [0.15, 0.2) is 72.9 Å². The summed E-state index contributed by atoms with van der Waals surface area (Å²) in [4.78, 5) is 30.6. The molecule has 0 spiro atoms. The van der Waals surface area contributed by atoms with Crippen molar-refractivity contribution in [1.82, 2.24) is 4.98 Å². The second-order valence-electron chi connectivity index (χ2n) is 8.51. The minimum atomic E-state index is -0.205. The lowest BCUT2D eigenvalue weighted by Gasteiger charge is -2.23. The molecule has 0 saturated carbocycles. The van der Waals surface area contributed by atoms with Crippen molar-refractivity contribution in [3.8, 4) is 11.1 Å². The van der Waals surface area contributed by atoms with E-state index in [9.17, 15) is 14.7 Å². The standard InChI is InChI=1S/C27H26N4O3/c1-17(33)29-25-15-20(6-8-22(25)18-7-9-23-19(14-18)10-12-28-23)27(34)31-13-11-21(16-32)30-24-4-2-3-5-26(24)31/h2-10,12,14-15,21,28,30,32H,11,13,16H2,1H3,(H,29,33). The van der Waals surface area contributed by atoms with Crippen molar-refractivity contribution in [2.75, 3.05) is 28.7 Å². The van der Waals surface area contributed by atoms with Gasteiger partial charge in [-0.25, -0.2) is 0 Å². The van der Waals surface area contributed by atoms with Crippen LogP contribution in [-0.2, 0) is 4.79 Å². The molecule has 34 heavy (non-hydrogen) atoms. The van der Waals surface area contributed by atoms with Gasteiger partial charge in [0.15, 0.2) is 0 Å². The highest BCUT2D eigenvalue weighted by Gasteiger charge is 2.26. The van der Waals surface area contributed by atoms with E-state index in [1.807, 2.05) is 54.7 Å². The van der Waals surface area contributed by atoms with E-state index >= 15 is 0 Å². The molecular weight excluding hydrogens is 428 g/mol. The zero-order chi connectivity index (χ0) is 23.7. The number of fused-ring (bicyclic) bond motifs is 2. The highest BCUT2D eigenvalue weighted by atomic mass is 16.3. The monoisotopic (exact) mass is 454 g/mol. The van der Waals surface area contributed by atoms with Gasteiger partial charge >= 0.3 is 0 Å². The van der Waals surface area contributed by atoms with Gasteiger partial charge in [-0.3, -0.25) is 9.59 Å². The van der Waals surface area contributed by atoms with Crippen LogP contribution >= 0.6 is 0 Å². The number of H-pyrrole nitrogens is 1. The Bertz CT molecular complexity index is 1380. The summed E-state index contributed by atoms with van der Waals surface area (Å²) in [6.45, 7) is 1.91. The Morgan fingerprint density at radius 2 is 1.94 bits per heavy atom. The normalized spacial score (nSPS) is 15.4. The molecule has 172 valence electrons. The molecule has 2 amide bonds. The molecule has 1 aliphatic heterocycles. The topological polar surface area (TPSA) is 97.5 Å². The fraction of sp³-hybridized carbons (Fsp3) is 0.185. The average molecular weight is 455 g/mol. The first-order valence-electron chi connectivity index (χ1n) is 11.3. The summed E-state index contributed by atoms with van der Waals surface area (Å²) < 4.78 is 0. The zero-order valence-electron chi connectivity index (χ0n) is 18.8. The molecule has 4 aromatic rings. The summed E-state index contributed by atoms with van der Waals surface area (Å²) in [6.07, 6.45) is 2.50. The fourth-order valence-corrected chi connectivity index (χ4v) is 4.48. The summed E-state index contributed by atoms with van der Waals surface area (Å²) >= 11 is 0. The van der Waals surface area contributed by atoms with Crippen LogP contribution in [0.2, 0.25) is 0 Å². The summed E-state index contributed by atoms with van der Waals surface area (Å²) in [5, 5.41) is 17.0. The largest absolute Gasteiger partial charge is 0.394 e. The van der Waals surface area contributed by atoms with Crippen LogP contribution in [0.25, 0.3) is 22.0 Å². The third kappa shape index (κ3) is 4.13. The van der Waals surface area contributed by atoms with Gasteiger partial charge in [-0.2, -0.15) is 0 Å². The van der Waals surface area contributed by atoms with E-state index in [1.165, 1.54) is 6.92 Å². The van der Waals surface area contributed by atoms with Gasteiger partial charge in [0.25, 0.3) is 5.91 Å². The molecule has 4 N–H and O–H groups in total. The van der Waals surface area contributed by atoms with Crippen LogP contribution in [0.5, 0.6) is 0 Å². The number of aliphatic hydroxyl groups excluding tert-OH is 1. The van der Waals surface area contributed by atoms with Gasteiger partial charge in [-0.1, -0.05) is 24.3 Å². The number of carbonyl (C=O) groups is 2. The van der Waals surface area contributed by atoms with Crippen molar-refractivity contribution >= 4 is 39.8 Å². The number of aliphatic hydroxyl groups is 1. The molecule has 1 aliphatic rings. The first-order chi connectivity index (χ1) is 16.5. The summed E-state index contributed by atoms with van der Waals surface area (Å²) in [7, 11) is 0. The molecule has 7 heteroatoms. The number of benzene rings is 3. The van der Waals surface area contributed by atoms with Gasteiger partial charge in [0.05, 0.1) is 24.0 Å². The predicted octanol–water partition coefficient (Wildman–Crippen LogP) is 4.62. The summed E-state index contributed by atoms with van der Waals surface area (Å²) in [6, 6.07) is 20.9. The molecule has 0 saturated heterocycles. The van der Waals surface area contributed by atoms with Crippen molar-refractivity contribution < 1.29 is 14.7 Å². The van der Waals surface area contributed by atoms with E-state index in [0.29, 0.717) is 24.2 Å². The molecular formula is C27H26N4O3. The smallest absolute Gasteiger partial charge is 0.258 e. The maximum absolute atomic E-state index is 13.7. The van der Waals surface area contributed by atoms with Crippen LogP contribution in [0.4, 0.5) is 17.1 Å². The Labute approximate surface area is 197 Å². The highest BCUT2D eigenvalue weighted by molar-refractivity contribution is 6.09. The van der Waals surface area contributed by atoms with Crippen molar-refractivity contribution in [3.63, 3.8) is 0 Å². The number of nitrogens with zero attached hydrogens (tertiary/aromatic N) is 1. The van der Waals surface area contributed by atoms with Gasteiger partial charge in [0, 0.05) is 42.0 Å². The average Bonchev–Trinajstić information content (AvgIpc) is 3.23. The van der Waals surface area contributed by atoms with Crippen molar-refractivity contribution in [2.45, 2.75) is 19.4 Å². The zero-order valence-corrected chi connectivity index (χ0v) is 18.8. The molecule has 1 atom stereocenters. The van der Waals surface area contributed by atoms with E-state index < -0.39 is 0 Å². The van der Waals surface area contributed by atoms with Crippen molar-refractivity contribution in [3.05, 3.63) is 78.5 Å². The van der Waals surface area contributed by atoms with E-state index in [0.717, 1.165) is 33.4 Å². The Morgan fingerprint density at radius 3 is 2.76 bits per heavy atom. The van der Waals surface area contributed by atoms with Crippen LogP contribution in [0.3, 0.4) is 0 Å². The van der Waals surface area contributed by atoms with Crippen LogP contribution in [0.1, 0.15) is 23.7 Å². The first-order valence-corrected chi connectivity index (χ1v) is 11.3. The number of carbonyl (C=O) groups excluding carboxylic acids is 2. The number of hydrogen-bond donors (Lipinski definition) is 4. The molecule has 0 bridgehead atoms. The highest BCUT2D eigenvalue weighted by Crippen LogP contribution is 2.34. The molecule has 1 unspecified atom stereocenters. The van der Waals surface area contributed by atoms with Crippen molar-refractivity contribution in [2.24, 2.45) is 0 Å². The summed E-state index contributed by atoms with van der Waals surface area (Å²) in [5.41, 5.74) is 5.47. The minimum Gasteiger partial charge on any atom is -0.394 e. The molecule has 7 nitrogen and oxygen atoms in total. The number of aromatic amines is 1. The molecule has 0 fully saturated rings. The number of amides is 2. The number of anilines is 3. The SMILES string of the molecule is CC(=O)Nc1cc(C(=O)N2CCC(CO)Nc3ccccc32)ccc1-c1ccc2[nH]ccc2c1. The number of hydrogen-bond acceptors (Lipinski definition) is 4. The van der Waals surface area contributed by atoms with Gasteiger partial charge in [-0.15, -0.1) is 0 Å². The third-order valence-corrected chi connectivity index (χ3v) is 6.16. The Kier molecular flexibility index (Phi) is 5.77. The third-order valence-electron chi connectivity index (χ3n) is 6.16. The maximum Gasteiger partial charge on any atom is 0.258 e. The lowest BCUT2D eigenvalue weighted by molar-refractivity contribution is -0.114. The molecule has 3 aromatic carbocycles. The van der Waals surface area contributed by atoms with E-state index in [4.69, 9.17) is 0 Å². The summed E-state index contributed by atoms with van der Waals surface area (Å²) in [5.74, 6) is -0.365. The van der Waals surface area contributed by atoms with E-state index in [2.05, 4.69) is 21.7 Å². The molecule has 2 heterocycles. The number of rotatable bonds is 4. The Morgan fingerprint density at radius 1 is 1.09 bits per heavy atom. The number of para-hydroxylation sites is 2. The minimum absolute atomic E-state index is 0.0107. The lowest BCUT2D eigenvalue weighted by Crippen LogP contribution is -2.33. The van der Waals surface area contributed by atoms with Crippen LogP contribution in [0, 0.1) is 0 Å². The van der Waals surface area contributed by atoms with Gasteiger partial charge in [0.2, 0.25) is 5.91 Å². The Hall–Kier alpha value is -4.10. The molecule has 0 radical (unpaired) electrons. The van der Waals surface area contributed by atoms with E-state index in [-0.39, 0.29) is 24.5 Å². The predicted molar refractivity (Wildman–Crippen MR) is 135 cm³/mol. The molecule has 5 rings (SSSR count). The fourth-order valence-electron chi connectivity index (χ4n) is 4.48. The van der Waals surface area contributed by atoms with Gasteiger partial charge in [-0.05, 0) is 59.8 Å². The number of aromatic nitrogens is 1. The second kappa shape index (κ2) is 9.03. The second-order valence-corrected chi connectivity index (χ2v) is 8.51. The van der Waals surface area contributed by atoms with E-state index in [1.54, 1.807) is 17.0 Å². The van der Waals surface area contributed by atoms with Crippen LogP contribution < -0.4 is 15.5 Å². The number of nitrogens with one attached hydrogen (secondary N) is 3.